The van der Waals surface area contributed by atoms with Gasteiger partial charge in [0.1, 0.15) is 5.82 Å². The Morgan fingerprint density at radius 3 is 1.04 bits per heavy atom. The van der Waals surface area contributed by atoms with Crippen molar-refractivity contribution in [3.8, 4) is 5.69 Å². The molecule has 0 saturated carbocycles. The highest BCUT2D eigenvalue weighted by Crippen LogP contribution is 2.49. The lowest BCUT2D eigenvalue weighted by Crippen LogP contribution is -2.89. The van der Waals surface area contributed by atoms with Crippen LogP contribution in [-0.4, -0.2) is 37.2 Å². The molecule has 3 nitrogen and oxygen atoms in total. The first-order valence-corrected chi connectivity index (χ1v) is 37.1. The molecule has 48 heavy (non-hydrogen) atoms. The summed E-state index contributed by atoms with van der Waals surface area (Å²) >= 11 is 0. The number of anilines is 2. The quantitative estimate of drug-likeness (QED) is 0.216. The number of hydrogen-bond acceptors (Lipinski definition) is 3. The van der Waals surface area contributed by atoms with E-state index >= 15 is 0 Å². The zero-order valence-corrected chi connectivity index (χ0v) is 39.4. The molecule has 1 aliphatic rings. The van der Waals surface area contributed by atoms with Crippen LogP contribution in [0.5, 0.6) is 0 Å². The molecule has 8 heteroatoms. The number of para-hydroxylation sites is 2. The van der Waals surface area contributed by atoms with E-state index in [2.05, 4.69) is 186 Å². The molecule has 0 spiro atoms. The van der Waals surface area contributed by atoms with Crippen molar-refractivity contribution in [2.24, 2.45) is 0 Å². The van der Waals surface area contributed by atoms with Crippen molar-refractivity contribution in [2.45, 2.75) is 152 Å². The highest BCUT2D eigenvalue weighted by molar-refractivity contribution is 8.05. The zero-order valence-electron chi connectivity index (χ0n) is 34.3. The zero-order chi connectivity index (χ0) is 36.9. The number of allylic oxidation sites excluding steroid dienone is 2. The second kappa shape index (κ2) is 14.4. The van der Waals surface area contributed by atoms with Gasteiger partial charge in [0.05, 0.1) is 17.5 Å². The number of nitrogens with zero attached hydrogens (tertiary/aromatic N) is 3. The molecule has 0 fully saturated rings. The van der Waals surface area contributed by atoms with Crippen LogP contribution >= 0.6 is 0 Å². The standard InChI is InChI=1S/C40H69N3Si5/c1-28(2)34-22-20-23-35(29(3)4)39(34)42-32(9)33(10)43(40-36(30(5)6)24-21-25-37(40)31(7)8)38(42)26-44(27-41)48(45(11,12)13,46(14,15)16)47(17,18)19/h20-26,28-31,44H,1-19H3/t44-/m1/s1. The minimum Gasteiger partial charge on any atom is -0.298 e. The van der Waals surface area contributed by atoms with Gasteiger partial charge in [-0.2, -0.15) is 0 Å². The molecule has 0 N–H and O–H groups in total. The molecule has 0 radical (unpaired) electrons. The van der Waals surface area contributed by atoms with E-state index in [1.165, 1.54) is 50.8 Å². The molecule has 0 saturated heterocycles. The van der Waals surface area contributed by atoms with Crippen molar-refractivity contribution in [3.05, 3.63) is 81.6 Å². The van der Waals surface area contributed by atoms with Gasteiger partial charge in [-0.25, -0.2) is 5.26 Å². The summed E-state index contributed by atoms with van der Waals surface area (Å²) in [5.41, 5.74) is 16.8. The molecule has 0 aliphatic carbocycles. The third kappa shape index (κ3) is 6.88. The summed E-state index contributed by atoms with van der Waals surface area (Å²) in [6.45, 7) is 47.2. The minimum absolute atomic E-state index is 0.375. The fourth-order valence-corrected chi connectivity index (χ4v) is 141. The first kappa shape index (κ1) is 40.5. The Morgan fingerprint density at radius 1 is 0.562 bits per heavy atom. The first-order valence-electron chi connectivity index (χ1n) is 18.5. The smallest absolute Gasteiger partial charge is 0.168 e. The summed E-state index contributed by atoms with van der Waals surface area (Å²) in [5.74, 6) is 2.75. The molecule has 0 unspecified atom stereocenters. The lowest BCUT2D eigenvalue weighted by Gasteiger charge is -2.58. The van der Waals surface area contributed by atoms with Gasteiger partial charge in [0.15, 0.2) is 8.31 Å². The molecule has 0 amide bonds. The number of nitriles is 1. The van der Waals surface area contributed by atoms with Gasteiger partial charge in [0, 0.05) is 39.9 Å². The molecule has 2 aromatic rings. The lowest BCUT2D eigenvalue weighted by molar-refractivity contribution is 0.817. The van der Waals surface area contributed by atoms with Crippen molar-refractivity contribution in [1.29, 1.82) is 5.26 Å². The van der Waals surface area contributed by atoms with Gasteiger partial charge in [-0.3, -0.25) is 9.80 Å². The summed E-state index contributed by atoms with van der Waals surface area (Å²) in [6, 6.07) is 13.9. The van der Waals surface area contributed by atoms with Gasteiger partial charge in [-0.1, -0.05) is 151 Å². The summed E-state index contributed by atoms with van der Waals surface area (Å²) in [4.78, 5) is 5.27. The largest absolute Gasteiger partial charge is 0.298 e. The predicted molar refractivity (Wildman–Crippen MR) is 229 cm³/mol. The van der Waals surface area contributed by atoms with Crippen LogP contribution < -0.4 is 9.80 Å². The highest BCUT2D eigenvalue weighted by Gasteiger charge is 2.66. The van der Waals surface area contributed by atoms with Gasteiger partial charge in [-0.05, 0) is 65.5 Å². The maximum absolute atomic E-state index is 11.6. The first-order chi connectivity index (χ1) is 21.9. The third-order valence-electron chi connectivity index (χ3n) is 11.3. The average Bonchev–Trinajstić information content (AvgIpc) is 3.17. The predicted octanol–water partition coefficient (Wildman–Crippen LogP) is 12.2. The topological polar surface area (TPSA) is 30.3 Å². The highest BCUT2D eigenvalue weighted by atomic mass is 30.2. The molecule has 3 rings (SSSR count). The van der Waals surface area contributed by atoms with Gasteiger partial charge in [0.2, 0.25) is 0 Å². The molecular formula is C40H69N3Si5. The SMILES string of the molecule is CC1=C(C)N(c2c(C(C)C)cccc2C(C)C)C(=C[Si@H](C#N)[Si]([Si](C)(C)C)([Si](C)(C)C)[Si](C)(C)C)N1c1c(C(C)C)cccc1C(C)C. The van der Waals surface area contributed by atoms with E-state index in [0.717, 1.165) is 0 Å². The molecule has 1 heterocycles. The van der Waals surface area contributed by atoms with Crippen LogP contribution in [0.1, 0.15) is 115 Å². The Labute approximate surface area is 301 Å². The lowest BCUT2D eigenvalue weighted by atomic mass is 9.91. The van der Waals surface area contributed by atoms with Crippen LogP contribution in [0.15, 0.2) is 59.3 Å². The van der Waals surface area contributed by atoms with Crippen molar-refractivity contribution in [1.82, 2.24) is 0 Å². The molecule has 1 aliphatic heterocycles. The van der Waals surface area contributed by atoms with Gasteiger partial charge in [-0.15, -0.1) is 0 Å². The minimum atomic E-state index is -2.07. The summed E-state index contributed by atoms with van der Waals surface area (Å²) in [7, 11) is -7.20. The van der Waals surface area contributed by atoms with E-state index in [-0.39, 0.29) is 0 Å². The Balaban J connectivity index is 2.70. The van der Waals surface area contributed by atoms with Crippen LogP contribution in [0.2, 0.25) is 58.9 Å². The maximum Gasteiger partial charge on any atom is 0.168 e. The van der Waals surface area contributed by atoms with Crippen molar-refractivity contribution in [3.63, 3.8) is 0 Å². The van der Waals surface area contributed by atoms with Gasteiger partial charge in [0.25, 0.3) is 0 Å². The monoisotopic (exact) mass is 731 g/mol. The van der Waals surface area contributed by atoms with Crippen LogP contribution in [0.4, 0.5) is 11.4 Å². The molecule has 1 atom stereocenters. The number of hydrogen-bond donors (Lipinski definition) is 0. The maximum atomic E-state index is 11.6. The molecule has 264 valence electrons. The Hall–Kier alpha value is -1.91. The Morgan fingerprint density at radius 2 is 0.833 bits per heavy atom. The molecule has 2 aromatic carbocycles. The fraction of sp³-hybridized carbons (Fsp3) is 0.575. The summed E-state index contributed by atoms with van der Waals surface area (Å²) in [6.07, 6.45) is -2.00. The second-order valence-electron chi connectivity index (χ2n) is 18.7. The van der Waals surface area contributed by atoms with E-state index in [0.29, 0.717) is 23.7 Å². The number of rotatable bonds is 11. The Bertz CT molecular complexity index is 1420. The van der Waals surface area contributed by atoms with E-state index in [9.17, 15) is 5.26 Å². The second-order valence-corrected chi connectivity index (χ2v) is 70.1. The van der Waals surface area contributed by atoms with E-state index in [1.54, 1.807) is 0 Å². The van der Waals surface area contributed by atoms with Crippen LogP contribution in [0.3, 0.4) is 0 Å². The molecular weight excluding hydrogens is 663 g/mol. The van der Waals surface area contributed by atoms with Crippen molar-refractivity contribution in [2.75, 3.05) is 9.80 Å². The molecule has 0 aromatic heterocycles. The van der Waals surface area contributed by atoms with Crippen molar-refractivity contribution < 1.29 is 0 Å². The van der Waals surface area contributed by atoms with Gasteiger partial charge < -0.3 is 0 Å². The number of benzene rings is 2. The van der Waals surface area contributed by atoms with E-state index in [4.69, 9.17) is 0 Å². The third-order valence-corrected chi connectivity index (χ3v) is 117. The normalized spacial score (nSPS) is 15.8. The fourth-order valence-electron chi connectivity index (χ4n) is 10.2. The van der Waals surface area contributed by atoms with Gasteiger partial charge >= 0.3 is 0 Å². The van der Waals surface area contributed by atoms with E-state index in [1.807, 2.05) is 0 Å². The summed E-state index contributed by atoms with van der Waals surface area (Å²) in [5, 5.41) is 11.6. The van der Waals surface area contributed by atoms with E-state index < -0.39 is 37.2 Å². The van der Waals surface area contributed by atoms with Crippen LogP contribution in [0.25, 0.3) is 0 Å². The van der Waals surface area contributed by atoms with Crippen molar-refractivity contribution >= 4 is 48.6 Å². The Kier molecular flexibility index (Phi) is 12.1. The summed E-state index contributed by atoms with van der Waals surface area (Å²) < 4.78 is 0. The van der Waals surface area contributed by atoms with Crippen LogP contribution in [0, 0.1) is 11.0 Å². The average molecular weight is 732 g/mol. The molecule has 0 bridgehead atoms. The van der Waals surface area contributed by atoms with Crippen LogP contribution in [-0.2, 0) is 0 Å².